The molecule has 1 saturated carbocycles. The minimum Gasteiger partial charge on any atom is -0.459 e. The van der Waals surface area contributed by atoms with Gasteiger partial charge in [0, 0.05) is 11.6 Å². The summed E-state index contributed by atoms with van der Waals surface area (Å²) in [6.07, 6.45) is -1.23. The molecular weight excluding hydrogens is 259 g/mol. The van der Waals surface area contributed by atoms with E-state index in [0.29, 0.717) is 24.8 Å². The molecule has 1 aliphatic rings. The molecule has 6 heteroatoms. The van der Waals surface area contributed by atoms with Crippen molar-refractivity contribution in [3.8, 4) is 0 Å². The summed E-state index contributed by atoms with van der Waals surface area (Å²) >= 11 is 0. The van der Waals surface area contributed by atoms with Crippen LogP contribution in [0.1, 0.15) is 41.8 Å². The zero-order valence-electron chi connectivity index (χ0n) is 10.6. The van der Waals surface area contributed by atoms with Crippen LogP contribution in [0.25, 0.3) is 0 Å². The molecule has 0 radical (unpaired) electrons. The van der Waals surface area contributed by atoms with Gasteiger partial charge in [-0.15, -0.1) is 0 Å². The molecular formula is C13H16F3NO2. The number of furan rings is 1. The zero-order chi connectivity index (χ0) is 14.0. The first-order valence-corrected chi connectivity index (χ1v) is 6.31. The third-order valence-corrected chi connectivity index (χ3v) is 3.57. The van der Waals surface area contributed by atoms with Crippen LogP contribution < -0.4 is 5.32 Å². The highest BCUT2D eigenvalue weighted by Gasteiger charge is 2.46. The number of rotatable bonds is 2. The number of alkyl halides is 3. The Morgan fingerprint density at radius 2 is 2.05 bits per heavy atom. The highest BCUT2D eigenvalue weighted by molar-refractivity contribution is 5.93. The van der Waals surface area contributed by atoms with Crippen LogP contribution in [0.2, 0.25) is 0 Å². The van der Waals surface area contributed by atoms with Gasteiger partial charge >= 0.3 is 6.18 Å². The van der Waals surface area contributed by atoms with Crippen molar-refractivity contribution in [2.24, 2.45) is 5.92 Å². The van der Waals surface area contributed by atoms with Gasteiger partial charge in [-0.25, -0.2) is 0 Å². The quantitative estimate of drug-likeness (QED) is 0.898. The monoisotopic (exact) mass is 275 g/mol. The Bertz CT molecular complexity index is 453. The summed E-state index contributed by atoms with van der Waals surface area (Å²) in [5, 5.41) is 2.47. The van der Waals surface area contributed by atoms with E-state index in [-0.39, 0.29) is 12.2 Å². The van der Waals surface area contributed by atoms with Crippen LogP contribution in [0.15, 0.2) is 16.7 Å². The van der Waals surface area contributed by atoms with Gasteiger partial charge < -0.3 is 9.73 Å². The van der Waals surface area contributed by atoms with Crippen molar-refractivity contribution in [2.45, 2.75) is 44.8 Å². The van der Waals surface area contributed by atoms with Crippen LogP contribution in [-0.2, 0) is 0 Å². The van der Waals surface area contributed by atoms with E-state index in [0.717, 1.165) is 0 Å². The Morgan fingerprint density at radius 1 is 1.37 bits per heavy atom. The van der Waals surface area contributed by atoms with Gasteiger partial charge in [-0.1, -0.05) is 12.8 Å². The van der Waals surface area contributed by atoms with Crippen molar-refractivity contribution < 1.29 is 22.4 Å². The number of nitrogens with one attached hydrogen (secondary N) is 1. The molecule has 1 amide bonds. The first kappa shape index (κ1) is 14.0. The van der Waals surface area contributed by atoms with E-state index in [1.807, 2.05) is 0 Å². The van der Waals surface area contributed by atoms with Crippen molar-refractivity contribution >= 4 is 5.91 Å². The third-order valence-electron chi connectivity index (χ3n) is 3.57. The van der Waals surface area contributed by atoms with Crippen molar-refractivity contribution in [1.82, 2.24) is 5.32 Å². The molecule has 1 aliphatic carbocycles. The second kappa shape index (κ2) is 5.27. The lowest BCUT2D eigenvalue weighted by molar-refractivity contribution is -0.187. The summed E-state index contributed by atoms with van der Waals surface area (Å²) in [5.74, 6) is -1.93. The molecule has 1 fully saturated rings. The van der Waals surface area contributed by atoms with E-state index >= 15 is 0 Å². The minimum absolute atomic E-state index is 0.0750. The van der Waals surface area contributed by atoms with Crippen LogP contribution in [0.5, 0.6) is 0 Å². The first-order valence-electron chi connectivity index (χ1n) is 6.31. The third kappa shape index (κ3) is 3.11. The van der Waals surface area contributed by atoms with Crippen molar-refractivity contribution in [3.05, 3.63) is 23.7 Å². The molecule has 106 valence electrons. The van der Waals surface area contributed by atoms with Gasteiger partial charge in [0.25, 0.3) is 5.91 Å². The number of hydrogen-bond donors (Lipinski definition) is 1. The zero-order valence-corrected chi connectivity index (χ0v) is 10.6. The molecule has 0 aliphatic heterocycles. The molecule has 2 atom stereocenters. The molecule has 2 rings (SSSR count). The number of aryl methyl sites for hydroxylation is 1. The summed E-state index contributed by atoms with van der Waals surface area (Å²) in [6.45, 7) is 1.68. The molecule has 3 nitrogen and oxygen atoms in total. The summed E-state index contributed by atoms with van der Waals surface area (Å²) in [7, 11) is 0. The minimum atomic E-state index is -4.27. The molecule has 0 bridgehead atoms. The van der Waals surface area contributed by atoms with Crippen molar-refractivity contribution in [1.29, 1.82) is 0 Å². The average Bonchev–Trinajstić information content (AvgIpc) is 2.75. The predicted octanol–water partition coefficient (Wildman–Crippen LogP) is 3.44. The van der Waals surface area contributed by atoms with Gasteiger partial charge in [-0.2, -0.15) is 13.2 Å². The molecule has 1 heterocycles. The molecule has 0 saturated heterocycles. The van der Waals surface area contributed by atoms with Crippen LogP contribution in [0.4, 0.5) is 13.2 Å². The summed E-state index contributed by atoms with van der Waals surface area (Å²) < 4.78 is 43.7. The number of carbonyl (C=O) groups is 1. The molecule has 1 aromatic rings. The summed E-state index contributed by atoms with van der Waals surface area (Å²) in [6, 6.07) is 0.752. The van der Waals surface area contributed by atoms with E-state index in [2.05, 4.69) is 5.32 Å². The Kier molecular flexibility index (Phi) is 3.87. The summed E-state index contributed by atoms with van der Waals surface area (Å²) in [4.78, 5) is 11.9. The summed E-state index contributed by atoms with van der Waals surface area (Å²) in [5.41, 5.74) is 0.622. The van der Waals surface area contributed by atoms with E-state index < -0.39 is 24.0 Å². The molecule has 1 N–H and O–H groups in total. The second-order valence-corrected chi connectivity index (χ2v) is 4.95. The van der Waals surface area contributed by atoms with Crippen LogP contribution in [-0.4, -0.2) is 18.1 Å². The van der Waals surface area contributed by atoms with Gasteiger partial charge in [-0.05, 0) is 25.8 Å². The molecule has 19 heavy (non-hydrogen) atoms. The smallest absolute Gasteiger partial charge is 0.393 e. The van der Waals surface area contributed by atoms with Crippen LogP contribution in [0, 0.1) is 12.8 Å². The van der Waals surface area contributed by atoms with Crippen LogP contribution in [0.3, 0.4) is 0 Å². The number of hydrogen-bond acceptors (Lipinski definition) is 2. The van der Waals surface area contributed by atoms with E-state index in [1.54, 1.807) is 13.0 Å². The highest BCUT2D eigenvalue weighted by Crippen LogP contribution is 2.37. The fraction of sp³-hybridized carbons (Fsp3) is 0.615. The topological polar surface area (TPSA) is 42.2 Å². The Hall–Kier alpha value is -1.46. The van der Waals surface area contributed by atoms with E-state index in [9.17, 15) is 18.0 Å². The maximum atomic E-state index is 12.9. The number of halogens is 3. The predicted molar refractivity (Wildman–Crippen MR) is 62.7 cm³/mol. The van der Waals surface area contributed by atoms with Crippen molar-refractivity contribution in [2.75, 3.05) is 0 Å². The molecule has 0 spiro atoms. The Labute approximate surface area is 109 Å². The molecule has 0 aromatic carbocycles. The van der Waals surface area contributed by atoms with Gasteiger partial charge in [0.1, 0.15) is 0 Å². The van der Waals surface area contributed by atoms with E-state index in [4.69, 9.17) is 4.42 Å². The van der Waals surface area contributed by atoms with Gasteiger partial charge in [0.15, 0.2) is 5.76 Å². The standard InChI is InChI=1S/C13H16F3NO2/c1-8-6-7-19-11(8)12(18)17-10-5-3-2-4-9(10)13(14,15)16/h6-7,9-10H,2-5H2,1H3,(H,17,18)/t9-,10-/m1/s1. The average molecular weight is 275 g/mol. The number of carbonyl (C=O) groups excluding carboxylic acids is 1. The van der Waals surface area contributed by atoms with Gasteiger partial charge in [0.05, 0.1) is 12.2 Å². The lowest BCUT2D eigenvalue weighted by atomic mass is 9.84. The maximum absolute atomic E-state index is 12.9. The molecule has 1 aromatic heterocycles. The SMILES string of the molecule is Cc1ccoc1C(=O)N[C@@H]1CCCC[C@H]1C(F)(F)F. The van der Waals surface area contributed by atoms with Gasteiger partial charge in [0.2, 0.25) is 0 Å². The first-order chi connectivity index (χ1) is 8.89. The fourth-order valence-corrected chi connectivity index (χ4v) is 2.53. The largest absolute Gasteiger partial charge is 0.459 e. The normalized spacial score (nSPS) is 24.2. The van der Waals surface area contributed by atoms with Crippen LogP contribution >= 0.6 is 0 Å². The van der Waals surface area contributed by atoms with Gasteiger partial charge in [-0.3, -0.25) is 4.79 Å². The lowest BCUT2D eigenvalue weighted by Gasteiger charge is -2.33. The van der Waals surface area contributed by atoms with Crippen molar-refractivity contribution in [3.63, 3.8) is 0 Å². The highest BCUT2D eigenvalue weighted by atomic mass is 19.4. The Morgan fingerprint density at radius 3 is 2.63 bits per heavy atom. The maximum Gasteiger partial charge on any atom is 0.393 e. The number of amides is 1. The lowest BCUT2D eigenvalue weighted by Crippen LogP contribution is -2.47. The van der Waals surface area contributed by atoms with E-state index in [1.165, 1.54) is 6.26 Å². The second-order valence-electron chi connectivity index (χ2n) is 4.95. The molecule has 0 unspecified atom stereocenters. The fourth-order valence-electron chi connectivity index (χ4n) is 2.53. The Balaban J connectivity index is 2.08.